The van der Waals surface area contributed by atoms with Crippen LogP contribution in [0.25, 0.3) is 0 Å². The van der Waals surface area contributed by atoms with Gasteiger partial charge >= 0.3 is 0 Å². The smallest absolute Gasteiger partial charge is 0.218 e. The van der Waals surface area contributed by atoms with Crippen LogP contribution >= 0.6 is 0 Å². The minimum Gasteiger partial charge on any atom is -0.477 e. The van der Waals surface area contributed by atoms with Crippen molar-refractivity contribution >= 4 is 5.82 Å². The fourth-order valence-corrected chi connectivity index (χ4v) is 1.63. The molecule has 106 valence electrons. The van der Waals surface area contributed by atoms with Crippen LogP contribution in [-0.4, -0.2) is 28.2 Å². The highest BCUT2D eigenvalue weighted by atomic mass is 16.5. The number of hydrogen-bond acceptors (Lipinski definition) is 6. The summed E-state index contributed by atoms with van der Waals surface area (Å²) in [6.07, 6.45) is 2.48. The van der Waals surface area contributed by atoms with Gasteiger partial charge in [-0.3, -0.25) is 4.98 Å². The summed E-state index contributed by atoms with van der Waals surface area (Å²) in [5, 5.41) is 0. The molecule has 0 aliphatic rings. The van der Waals surface area contributed by atoms with Crippen molar-refractivity contribution in [3.63, 3.8) is 0 Å². The Hall–Kier alpha value is -2.21. The Kier molecular flexibility index (Phi) is 5.25. The maximum atomic E-state index is 5.71. The lowest BCUT2D eigenvalue weighted by Gasteiger charge is -2.07. The van der Waals surface area contributed by atoms with Crippen molar-refractivity contribution in [3.8, 4) is 5.88 Å². The number of aromatic nitrogens is 3. The fraction of sp³-hybridized carbons (Fsp3) is 0.357. The predicted octanol–water partition coefficient (Wildman–Crippen LogP) is 1.61. The Morgan fingerprint density at radius 1 is 1.25 bits per heavy atom. The van der Waals surface area contributed by atoms with E-state index in [4.69, 9.17) is 15.2 Å². The lowest BCUT2D eigenvalue weighted by Crippen LogP contribution is -2.08. The molecule has 2 rings (SSSR count). The quantitative estimate of drug-likeness (QED) is 0.826. The van der Waals surface area contributed by atoms with Gasteiger partial charge in [-0.15, -0.1) is 0 Å². The summed E-state index contributed by atoms with van der Waals surface area (Å²) in [7, 11) is 0. The second-order valence-corrected chi connectivity index (χ2v) is 4.10. The summed E-state index contributed by atoms with van der Waals surface area (Å²) in [6, 6.07) is 7.40. The van der Waals surface area contributed by atoms with Gasteiger partial charge in [0.2, 0.25) is 5.88 Å². The molecule has 2 heterocycles. The molecular formula is C14H18N4O2. The van der Waals surface area contributed by atoms with Gasteiger partial charge in [0, 0.05) is 31.0 Å². The summed E-state index contributed by atoms with van der Waals surface area (Å²) in [5.74, 6) is 1.37. The topological polar surface area (TPSA) is 83.2 Å². The van der Waals surface area contributed by atoms with E-state index in [9.17, 15) is 0 Å². The van der Waals surface area contributed by atoms with Gasteiger partial charge in [-0.25, -0.2) is 4.98 Å². The first-order valence-corrected chi connectivity index (χ1v) is 6.52. The molecule has 0 fully saturated rings. The largest absolute Gasteiger partial charge is 0.477 e. The fourth-order valence-electron chi connectivity index (χ4n) is 1.63. The van der Waals surface area contributed by atoms with Crippen molar-refractivity contribution in [2.75, 3.05) is 18.9 Å². The summed E-state index contributed by atoms with van der Waals surface area (Å²) < 4.78 is 10.8. The van der Waals surface area contributed by atoms with Gasteiger partial charge in [0.1, 0.15) is 12.4 Å². The van der Waals surface area contributed by atoms with E-state index in [2.05, 4.69) is 15.0 Å². The molecule has 20 heavy (non-hydrogen) atoms. The van der Waals surface area contributed by atoms with E-state index in [0.717, 1.165) is 5.69 Å². The Morgan fingerprint density at radius 3 is 2.90 bits per heavy atom. The van der Waals surface area contributed by atoms with Crippen LogP contribution in [0.15, 0.2) is 30.5 Å². The zero-order valence-corrected chi connectivity index (χ0v) is 11.5. The van der Waals surface area contributed by atoms with Gasteiger partial charge in [-0.05, 0) is 19.1 Å². The van der Waals surface area contributed by atoms with Crippen LogP contribution < -0.4 is 10.5 Å². The average Bonchev–Trinajstić information content (AvgIpc) is 2.46. The predicted molar refractivity (Wildman–Crippen MR) is 75.2 cm³/mol. The SMILES string of the molecule is CCOCc1nc(N)cc(OCCc2ccccn2)n1. The van der Waals surface area contributed by atoms with Gasteiger partial charge in [-0.1, -0.05) is 6.07 Å². The Labute approximate surface area is 118 Å². The van der Waals surface area contributed by atoms with Crippen LogP contribution in [0.4, 0.5) is 5.82 Å². The molecule has 0 spiro atoms. The minimum atomic E-state index is 0.331. The summed E-state index contributed by atoms with van der Waals surface area (Å²) >= 11 is 0. The maximum Gasteiger partial charge on any atom is 0.218 e. The number of nitrogens with zero attached hydrogens (tertiary/aromatic N) is 3. The first-order chi connectivity index (χ1) is 9.78. The highest BCUT2D eigenvalue weighted by Gasteiger charge is 2.04. The number of nitrogens with two attached hydrogens (primary N) is 1. The van der Waals surface area contributed by atoms with Gasteiger partial charge in [-0.2, -0.15) is 4.98 Å². The van der Waals surface area contributed by atoms with E-state index in [1.807, 2.05) is 25.1 Å². The molecule has 0 aliphatic carbocycles. The molecular weight excluding hydrogens is 256 g/mol. The molecule has 0 unspecified atom stereocenters. The lowest BCUT2D eigenvalue weighted by molar-refractivity contribution is 0.127. The second-order valence-electron chi connectivity index (χ2n) is 4.10. The molecule has 0 atom stereocenters. The number of hydrogen-bond donors (Lipinski definition) is 1. The molecule has 2 aromatic rings. The van der Waals surface area contributed by atoms with Gasteiger partial charge in [0.15, 0.2) is 5.82 Å². The molecule has 0 aliphatic heterocycles. The van der Waals surface area contributed by atoms with Crippen molar-refractivity contribution in [1.82, 2.24) is 15.0 Å². The molecule has 0 saturated heterocycles. The third-order valence-corrected chi connectivity index (χ3v) is 2.54. The van der Waals surface area contributed by atoms with E-state index in [0.29, 0.717) is 43.8 Å². The van der Waals surface area contributed by atoms with Crippen LogP contribution in [0, 0.1) is 0 Å². The molecule has 0 saturated carbocycles. The third-order valence-electron chi connectivity index (χ3n) is 2.54. The molecule has 0 amide bonds. The number of anilines is 1. The molecule has 6 nitrogen and oxygen atoms in total. The monoisotopic (exact) mass is 274 g/mol. The number of rotatable bonds is 7. The normalized spacial score (nSPS) is 10.4. The van der Waals surface area contributed by atoms with E-state index < -0.39 is 0 Å². The van der Waals surface area contributed by atoms with E-state index in [1.165, 1.54) is 0 Å². The van der Waals surface area contributed by atoms with Crippen molar-refractivity contribution in [3.05, 3.63) is 42.0 Å². The highest BCUT2D eigenvalue weighted by molar-refractivity contribution is 5.32. The number of pyridine rings is 1. The highest BCUT2D eigenvalue weighted by Crippen LogP contribution is 2.12. The third kappa shape index (κ3) is 4.47. The van der Waals surface area contributed by atoms with Gasteiger partial charge in [0.25, 0.3) is 0 Å². The van der Waals surface area contributed by atoms with Crippen molar-refractivity contribution in [2.24, 2.45) is 0 Å². The van der Waals surface area contributed by atoms with Crippen LogP contribution in [0.5, 0.6) is 5.88 Å². The van der Waals surface area contributed by atoms with Gasteiger partial charge in [0.05, 0.1) is 6.61 Å². The summed E-state index contributed by atoms with van der Waals surface area (Å²) in [5.41, 5.74) is 6.69. The average molecular weight is 274 g/mol. The molecule has 0 aromatic carbocycles. The first kappa shape index (κ1) is 14.2. The first-order valence-electron chi connectivity index (χ1n) is 6.52. The van der Waals surface area contributed by atoms with Crippen LogP contribution in [0.2, 0.25) is 0 Å². The molecule has 6 heteroatoms. The van der Waals surface area contributed by atoms with Gasteiger partial charge < -0.3 is 15.2 Å². The second kappa shape index (κ2) is 7.40. The summed E-state index contributed by atoms with van der Waals surface area (Å²) in [6.45, 7) is 3.34. The standard InChI is InChI=1S/C14H18N4O2/c1-2-19-10-13-17-12(15)9-14(18-13)20-8-6-11-5-3-4-7-16-11/h3-5,7,9H,2,6,8,10H2,1H3,(H2,15,17,18). The molecule has 0 radical (unpaired) electrons. The number of ether oxygens (including phenoxy) is 2. The Morgan fingerprint density at radius 2 is 2.15 bits per heavy atom. The summed E-state index contributed by atoms with van der Waals surface area (Å²) in [4.78, 5) is 12.6. The zero-order valence-electron chi connectivity index (χ0n) is 11.5. The van der Waals surface area contributed by atoms with Crippen LogP contribution in [0.1, 0.15) is 18.4 Å². The van der Waals surface area contributed by atoms with Crippen LogP contribution in [0.3, 0.4) is 0 Å². The van der Waals surface area contributed by atoms with Crippen molar-refractivity contribution < 1.29 is 9.47 Å². The zero-order chi connectivity index (χ0) is 14.2. The number of nitrogen functional groups attached to an aromatic ring is 1. The van der Waals surface area contributed by atoms with E-state index in [-0.39, 0.29) is 0 Å². The Balaban J connectivity index is 1.90. The van der Waals surface area contributed by atoms with Crippen molar-refractivity contribution in [2.45, 2.75) is 20.0 Å². The molecule has 2 N–H and O–H groups in total. The molecule has 0 bridgehead atoms. The minimum absolute atomic E-state index is 0.331. The van der Waals surface area contributed by atoms with E-state index >= 15 is 0 Å². The van der Waals surface area contributed by atoms with E-state index in [1.54, 1.807) is 12.3 Å². The maximum absolute atomic E-state index is 5.71. The lowest BCUT2D eigenvalue weighted by atomic mass is 10.3. The molecule has 2 aromatic heterocycles. The van der Waals surface area contributed by atoms with Crippen molar-refractivity contribution in [1.29, 1.82) is 0 Å². The Bertz CT molecular complexity index is 534. The van der Waals surface area contributed by atoms with Crippen LogP contribution in [-0.2, 0) is 17.8 Å².